The number of aromatic nitrogens is 2. The van der Waals surface area contributed by atoms with Gasteiger partial charge < -0.3 is 24.6 Å². The molecule has 34 heavy (non-hydrogen) atoms. The molecule has 2 heterocycles. The van der Waals surface area contributed by atoms with Crippen molar-refractivity contribution in [1.82, 2.24) is 15.5 Å². The van der Waals surface area contributed by atoms with Crippen molar-refractivity contribution in [2.45, 2.75) is 33.6 Å². The largest absolute Gasteiger partial charge is 0.494 e. The van der Waals surface area contributed by atoms with Crippen LogP contribution in [0.4, 0.5) is 5.00 Å². The fourth-order valence-corrected chi connectivity index (χ4v) is 4.29. The number of carbonyl (C=O) groups is 3. The van der Waals surface area contributed by atoms with Gasteiger partial charge in [0, 0.05) is 25.5 Å². The molecule has 1 aromatic carbocycles. The molecule has 10 nitrogen and oxygen atoms in total. The first-order valence-corrected chi connectivity index (χ1v) is 11.6. The number of benzene rings is 1. The highest BCUT2D eigenvalue weighted by atomic mass is 32.1. The number of rotatable bonds is 10. The Bertz CT molecular complexity index is 1170. The van der Waals surface area contributed by atoms with Crippen LogP contribution in [0, 0.1) is 6.92 Å². The standard InChI is InChI=1S/C23H26N4O6S/c1-5-31-15-9-7-14(8-10-15)20-26-17(33-27-20)12-11-16(28)25-22-18(23(30)32-6-2)13(3)19(34-22)21(29)24-4/h7-10H,5-6,11-12H2,1-4H3,(H,24,29)(H,25,28). The lowest BCUT2D eigenvalue weighted by Crippen LogP contribution is -2.18. The Morgan fingerprint density at radius 2 is 1.85 bits per heavy atom. The van der Waals surface area contributed by atoms with Crippen LogP contribution in [-0.2, 0) is 16.0 Å². The van der Waals surface area contributed by atoms with Crippen LogP contribution in [-0.4, -0.2) is 48.2 Å². The van der Waals surface area contributed by atoms with Crippen molar-refractivity contribution in [2.24, 2.45) is 0 Å². The van der Waals surface area contributed by atoms with Gasteiger partial charge in [-0.25, -0.2) is 4.79 Å². The summed E-state index contributed by atoms with van der Waals surface area (Å²) in [4.78, 5) is 41.8. The molecule has 3 aromatic rings. The molecule has 2 amide bonds. The maximum absolute atomic E-state index is 12.6. The molecule has 2 N–H and O–H groups in total. The summed E-state index contributed by atoms with van der Waals surface area (Å²) in [6.45, 7) is 5.98. The summed E-state index contributed by atoms with van der Waals surface area (Å²) in [6, 6.07) is 7.29. The van der Waals surface area contributed by atoms with E-state index in [1.54, 1.807) is 13.8 Å². The van der Waals surface area contributed by atoms with Crippen LogP contribution in [0.2, 0.25) is 0 Å². The van der Waals surface area contributed by atoms with E-state index < -0.39 is 5.97 Å². The van der Waals surface area contributed by atoms with Crippen molar-refractivity contribution < 1.29 is 28.4 Å². The number of hydrogen-bond acceptors (Lipinski definition) is 9. The van der Waals surface area contributed by atoms with Gasteiger partial charge in [-0.15, -0.1) is 11.3 Å². The zero-order valence-corrected chi connectivity index (χ0v) is 20.2. The van der Waals surface area contributed by atoms with Gasteiger partial charge in [0.1, 0.15) is 10.8 Å². The predicted molar refractivity (Wildman–Crippen MR) is 126 cm³/mol. The summed E-state index contributed by atoms with van der Waals surface area (Å²) >= 11 is 1.02. The quantitative estimate of drug-likeness (QED) is 0.415. The molecule has 0 aliphatic rings. The van der Waals surface area contributed by atoms with Crippen LogP contribution >= 0.6 is 11.3 Å². The average Bonchev–Trinajstić information content (AvgIpc) is 3.42. The molecule has 0 spiro atoms. The van der Waals surface area contributed by atoms with Gasteiger partial charge in [0.15, 0.2) is 0 Å². The number of ether oxygens (including phenoxy) is 2. The summed E-state index contributed by atoms with van der Waals surface area (Å²) in [7, 11) is 1.50. The molecule has 0 aliphatic carbocycles. The number of hydrogen-bond donors (Lipinski definition) is 2. The van der Waals surface area contributed by atoms with Crippen molar-refractivity contribution in [3.05, 3.63) is 46.2 Å². The molecule has 0 aliphatic heterocycles. The third kappa shape index (κ3) is 5.79. The Balaban J connectivity index is 1.67. The second-order valence-electron chi connectivity index (χ2n) is 7.08. The van der Waals surface area contributed by atoms with E-state index in [2.05, 4.69) is 20.8 Å². The van der Waals surface area contributed by atoms with Gasteiger partial charge in [-0.1, -0.05) is 5.16 Å². The molecule has 0 atom stereocenters. The fraction of sp³-hybridized carbons (Fsp3) is 0.348. The summed E-state index contributed by atoms with van der Waals surface area (Å²) < 4.78 is 15.8. The molecule has 0 fully saturated rings. The maximum Gasteiger partial charge on any atom is 0.341 e. The number of nitrogens with one attached hydrogen (secondary N) is 2. The van der Waals surface area contributed by atoms with Crippen molar-refractivity contribution in [3.8, 4) is 17.1 Å². The first-order chi connectivity index (χ1) is 16.4. The van der Waals surface area contributed by atoms with Gasteiger partial charge in [-0.05, 0) is 50.6 Å². The first-order valence-electron chi connectivity index (χ1n) is 10.8. The van der Waals surface area contributed by atoms with E-state index in [0.29, 0.717) is 28.8 Å². The highest BCUT2D eigenvalue weighted by Crippen LogP contribution is 2.34. The van der Waals surface area contributed by atoms with Crippen molar-refractivity contribution in [1.29, 1.82) is 0 Å². The minimum atomic E-state index is -0.599. The van der Waals surface area contributed by atoms with E-state index in [4.69, 9.17) is 14.0 Å². The molecular weight excluding hydrogens is 460 g/mol. The zero-order valence-electron chi connectivity index (χ0n) is 19.4. The third-order valence-electron chi connectivity index (χ3n) is 4.77. The van der Waals surface area contributed by atoms with E-state index >= 15 is 0 Å². The van der Waals surface area contributed by atoms with Crippen LogP contribution in [0.5, 0.6) is 5.75 Å². The van der Waals surface area contributed by atoms with E-state index in [1.165, 1.54) is 7.05 Å². The van der Waals surface area contributed by atoms with E-state index in [1.807, 2.05) is 31.2 Å². The van der Waals surface area contributed by atoms with Gasteiger partial charge in [0.05, 0.1) is 23.7 Å². The molecule has 180 valence electrons. The van der Waals surface area contributed by atoms with E-state index in [-0.39, 0.29) is 41.8 Å². The molecule has 0 unspecified atom stereocenters. The Kier molecular flexibility index (Phi) is 8.36. The number of anilines is 1. The molecule has 3 rings (SSSR count). The predicted octanol–water partition coefficient (Wildman–Crippen LogP) is 3.61. The highest BCUT2D eigenvalue weighted by Gasteiger charge is 2.26. The molecule has 0 bridgehead atoms. The Labute approximate surface area is 200 Å². The van der Waals surface area contributed by atoms with Gasteiger partial charge in [0.25, 0.3) is 5.91 Å². The van der Waals surface area contributed by atoms with Crippen LogP contribution in [0.15, 0.2) is 28.8 Å². The minimum Gasteiger partial charge on any atom is -0.494 e. The molecule has 0 saturated carbocycles. The third-order valence-corrected chi connectivity index (χ3v) is 5.98. The lowest BCUT2D eigenvalue weighted by molar-refractivity contribution is -0.116. The number of amides is 2. The van der Waals surface area contributed by atoms with Crippen LogP contribution in [0.25, 0.3) is 11.4 Å². The van der Waals surface area contributed by atoms with Crippen molar-refractivity contribution in [2.75, 3.05) is 25.6 Å². The number of thiophene rings is 1. The van der Waals surface area contributed by atoms with Crippen LogP contribution in [0.1, 0.15) is 51.8 Å². The molecule has 2 aromatic heterocycles. The Morgan fingerprint density at radius 3 is 2.50 bits per heavy atom. The number of aryl methyl sites for hydroxylation is 1. The molecule has 0 radical (unpaired) electrons. The fourth-order valence-electron chi connectivity index (χ4n) is 3.13. The van der Waals surface area contributed by atoms with E-state index in [0.717, 1.165) is 22.6 Å². The van der Waals surface area contributed by atoms with Crippen molar-refractivity contribution in [3.63, 3.8) is 0 Å². The zero-order chi connectivity index (χ0) is 24.7. The summed E-state index contributed by atoms with van der Waals surface area (Å²) in [5.74, 6) is 0.151. The maximum atomic E-state index is 12.6. The SMILES string of the molecule is CCOC(=O)c1c(NC(=O)CCc2nc(-c3ccc(OCC)cc3)no2)sc(C(=O)NC)c1C. The average molecular weight is 487 g/mol. The van der Waals surface area contributed by atoms with Gasteiger partial charge in [-0.2, -0.15) is 4.98 Å². The highest BCUT2D eigenvalue weighted by molar-refractivity contribution is 7.18. The first kappa shape index (κ1) is 24.9. The number of esters is 1. The second kappa shape index (κ2) is 11.4. The molecule has 0 saturated heterocycles. The second-order valence-corrected chi connectivity index (χ2v) is 8.10. The Morgan fingerprint density at radius 1 is 1.12 bits per heavy atom. The van der Waals surface area contributed by atoms with Gasteiger partial charge >= 0.3 is 5.97 Å². The smallest absolute Gasteiger partial charge is 0.341 e. The summed E-state index contributed by atoms with van der Waals surface area (Å²) in [5.41, 5.74) is 1.39. The van der Waals surface area contributed by atoms with Crippen LogP contribution in [0.3, 0.4) is 0 Å². The summed E-state index contributed by atoms with van der Waals surface area (Å²) in [6.07, 6.45) is 0.247. The normalized spacial score (nSPS) is 10.6. The van der Waals surface area contributed by atoms with Crippen LogP contribution < -0.4 is 15.4 Å². The molecular formula is C23H26N4O6S. The van der Waals surface area contributed by atoms with Gasteiger partial charge in [-0.3, -0.25) is 9.59 Å². The van der Waals surface area contributed by atoms with E-state index in [9.17, 15) is 14.4 Å². The number of nitrogens with zero attached hydrogens (tertiary/aromatic N) is 2. The number of carbonyl (C=O) groups excluding carboxylic acids is 3. The topological polar surface area (TPSA) is 133 Å². The minimum absolute atomic E-state index is 0.0411. The van der Waals surface area contributed by atoms with Crippen molar-refractivity contribution >= 4 is 34.1 Å². The monoisotopic (exact) mass is 486 g/mol. The lowest BCUT2D eigenvalue weighted by Gasteiger charge is -2.06. The summed E-state index contributed by atoms with van der Waals surface area (Å²) in [5, 5.41) is 9.47. The lowest BCUT2D eigenvalue weighted by atomic mass is 10.1. The molecule has 11 heteroatoms. The van der Waals surface area contributed by atoms with Gasteiger partial charge in [0.2, 0.25) is 17.6 Å². The Hall–Kier alpha value is -3.73.